The Morgan fingerprint density at radius 1 is 1.03 bits per heavy atom. The highest BCUT2D eigenvalue weighted by molar-refractivity contribution is 6.34. The van der Waals surface area contributed by atoms with E-state index in [0.717, 1.165) is 25.7 Å². The number of para-hydroxylation sites is 1. The average molecular weight is 454 g/mol. The Labute approximate surface area is 186 Å². The van der Waals surface area contributed by atoms with Crippen LogP contribution in [0.15, 0.2) is 42.5 Å². The molecule has 0 atom stereocenters. The highest BCUT2D eigenvalue weighted by Gasteiger charge is 2.35. The van der Waals surface area contributed by atoms with Crippen molar-refractivity contribution in [3.05, 3.63) is 64.2 Å². The van der Waals surface area contributed by atoms with E-state index in [-0.39, 0.29) is 17.3 Å². The van der Waals surface area contributed by atoms with Gasteiger partial charge in [-0.25, -0.2) is 0 Å². The molecule has 1 aliphatic rings. The third-order valence-corrected chi connectivity index (χ3v) is 5.78. The summed E-state index contributed by atoms with van der Waals surface area (Å²) in [6.45, 7) is 8.13. The molecule has 0 unspecified atom stereocenters. The maximum Gasteiger partial charge on any atom is 0.418 e. The summed E-state index contributed by atoms with van der Waals surface area (Å²) < 4.78 is 39.6. The van der Waals surface area contributed by atoms with Crippen molar-refractivity contribution in [3.63, 3.8) is 0 Å². The number of nitrogens with one attached hydrogen (secondary N) is 1. The lowest BCUT2D eigenvalue weighted by Crippen LogP contribution is -2.48. The molecule has 2 aromatic carbocycles. The molecular formula is C23H27ClF3N3O. The third-order valence-electron chi connectivity index (χ3n) is 5.47. The van der Waals surface area contributed by atoms with Gasteiger partial charge >= 0.3 is 6.18 Å². The second kappa shape index (κ2) is 10.0. The van der Waals surface area contributed by atoms with E-state index in [0.29, 0.717) is 19.0 Å². The van der Waals surface area contributed by atoms with E-state index in [9.17, 15) is 18.0 Å². The van der Waals surface area contributed by atoms with Crippen LogP contribution in [0.5, 0.6) is 0 Å². The lowest BCUT2D eigenvalue weighted by Gasteiger charge is -2.34. The molecular weight excluding hydrogens is 427 g/mol. The SMILES string of the molecule is CC(C)c1ccc(CN2CCN(CC(=O)Nc3c(Cl)cccc3C(F)(F)F)CC2)cc1. The summed E-state index contributed by atoms with van der Waals surface area (Å²) in [5.74, 6) is -0.00181. The molecule has 2 aromatic rings. The largest absolute Gasteiger partial charge is 0.418 e. The van der Waals surface area contributed by atoms with E-state index >= 15 is 0 Å². The summed E-state index contributed by atoms with van der Waals surface area (Å²) in [6, 6.07) is 12.1. The van der Waals surface area contributed by atoms with Crippen LogP contribution < -0.4 is 5.32 Å². The van der Waals surface area contributed by atoms with E-state index in [1.807, 2.05) is 4.90 Å². The molecule has 31 heavy (non-hydrogen) atoms. The van der Waals surface area contributed by atoms with E-state index in [1.165, 1.54) is 23.3 Å². The zero-order valence-corrected chi connectivity index (χ0v) is 18.4. The van der Waals surface area contributed by atoms with Crippen molar-refractivity contribution in [1.29, 1.82) is 0 Å². The number of hydrogen-bond donors (Lipinski definition) is 1. The first-order chi connectivity index (χ1) is 14.6. The van der Waals surface area contributed by atoms with Gasteiger partial charge in [-0.15, -0.1) is 0 Å². The number of carbonyl (C=O) groups is 1. The number of piperazine rings is 1. The van der Waals surface area contributed by atoms with Gasteiger partial charge in [0.05, 0.1) is 22.8 Å². The lowest BCUT2D eigenvalue weighted by molar-refractivity contribution is -0.137. The van der Waals surface area contributed by atoms with Crippen molar-refractivity contribution >= 4 is 23.2 Å². The molecule has 8 heteroatoms. The molecule has 3 rings (SSSR count). The first kappa shape index (κ1) is 23.6. The predicted molar refractivity (Wildman–Crippen MR) is 117 cm³/mol. The molecule has 0 spiro atoms. The minimum absolute atomic E-state index is 0.0272. The molecule has 1 amide bonds. The summed E-state index contributed by atoms with van der Waals surface area (Å²) in [5, 5.41) is 2.22. The number of benzene rings is 2. The molecule has 0 aromatic heterocycles. The Kier molecular flexibility index (Phi) is 7.62. The topological polar surface area (TPSA) is 35.6 Å². The molecule has 0 saturated carbocycles. The summed E-state index contributed by atoms with van der Waals surface area (Å²) in [7, 11) is 0. The normalized spacial score (nSPS) is 16.0. The van der Waals surface area contributed by atoms with Crippen molar-refractivity contribution in [2.75, 3.05) is 38.0 Å². The van der Waals surface area contributed by atoms with Crippen LogP contribution in [0.1, 0.15) is 36.5 Å². The number of rotatable bonds is 6. The Bertz CT molecular complexity index is 892. The maximum absolute atomic E-state index is 13.2. The monoisotopic (exact) mass is 453 g/mol. The molecule has 0 radical (unpaired) electrons. The minimum Gasteiger partial charge on any atom is -0.323 e. The van der Waals surface area contributed by atoms with Gasteiger partial charge in [-0.1, -0.05) is 55.8 Å². The van der Waals surface area contributed by atoms with Gasteiger partial charge in [0.1, 0.15) is 0 Å². The van der Waals surface area contributed by atoms with E-state index in [4.69, 9.17) is 11.6 Å². The Balaban J connectivity index is 1.51. The van der Waals surface area contributed by atoms with Crippen LogP contribution in [-0.4, -0.2) is 48.4 Å². The zero-order valence-electron chi connectivity index (χ0n) is 17.7. The molecule has 1 saturated heterocycles. The van der Waals surface area contributed by atoms with Crippen LogP contribution in [0.4, 0.5) is 18.9 Å². The maximum atomic E-state index is 13.2. The van der Waals surface area contributed by atoms with Crippen molar-refractivity contribution in [2.24, 2.45) is 0 Å². The Hall–Kier alpha value is -2.09. The molecule has 168 valence electrons. The average Bonchev–Trinajstić information content (AvgIpc) is 2.70. The number of halogens is 4. The van der Waals surface area contributed by atoms with Gasteiger partial charge in [0, 0.05) is 32.7 Å². The van der Waals surface area contributed by atoms with Crippen molar-refractivity contribution < 1.29 is 18.0 Å². The van der Waals surface area contributed by atoms with Crippen LogP contribution in [-0.2, 0) is 17.5 Å². The third kappa shape index (κ3) is 6.45. The molecule has 4 nitrogen and oxygen atoms in total. The molecule has 0 bridgehead atoms. The van der Waals surface area contributed by atoms with Crippen molar-refractivity contribution in [2.45, 2.75) is 32.5 Å². The summed E-state index contributed by atoms with van der Waals surface area (Å²) in [6.07, 6.45) is -4.59. The molecule has 1 N–H and O–H groups in total. The van der Waals surface area contributed by atoms with Gasteiger partial charge in [0.2, 0.25) is 5.91 Å². The summed E-state index contributed by atoms with van der Waals surface area (Å²) in [5.41, 5.74) is 1.23. The van der Waals surface area contributed by atoms with Crippen LogP contribution >= 0.6 is 11.6 Å². The number of hydrogen-bond acceptors (Lipinski definition) is 3. The summed E-state index contributed by atoms with van der Waals surface area (Å²) in [4.78, 5) is 16.6. The number of alkyl halides is 3. The molecule has 1 fully saturated rings. The first-order valence-electron chi connectivity index (χ1n) is 10.3. The zero-order chi connectivity index (χ0) is 22.6. The van der Waals surface area contributed by atoms with Gasteiger partial charge in [-0.05, 0) is 29.2 Å². The number of anilines is 1. The van der Waals surface area contributed by atoms with Gasteiger partial charge in [0.15, 0.2) is 0 Å². The molecule has 1 aliphatic heterocycles. The molecule has 0 aliphatic carbocycles. The highest BCUT2D eigenvalue weighted by Crippen LogP contribution is 2.38. The summed E-state index contributed by atoms with van der Waals surface area (Å²) >= 11 is 5.91. The molecule has 1 heterocycles. The lowest BCUT2D eigenvalue weighted by atomic mass is 10.0. The van der Waals surface area contributed by atoms with Crippen LogP contribution in [0, 0.1) is 0 Å². The fourth-order valence-electron chi connectivity index (χ4n) is 3.64. The van der Waals surface area contributed by atoms with Crippen molar-refractivity contribution in [3.8, 4) is 0 Å². The fraction of sp³-hybridized carbons (Fsp3) is 0.435. The fourth-order valence-corrected chi connectivity index (χ4v) is 3.86. The van der Waals surface area contributed by atoms with Crippen LogP contribution in [0.25, 0.3) is 0 Å². The van der Waals surface area contributed by atoms with Crippen molar-refractivity contribution in [1.82, 2.24) is 9.80 Å². The van der Waals surface area contributed by atoms with Gasteiger partial charge in [0.25, 0.3) is 0 Å². The van der Waals surface area contributed by atoms with E-state index in [2.05, 4.69) is 48.3 Å². The standard InChI is InChI=1S/C23H27ClF3N3O/c1-16(2)18-8-6-17(7-9-18)14-29-10-12-30(13-11-29)15-21(31)28-22-19(23(25,26)27)4-3-5-20(22)24/h3-9,16H,10-15H2,1-2H3,(H,28,31). The Morgan fingerprint density at radius 3 is 2.23 bits per heavy atom. The number of carbonyl (C=O) groups excluding carboxylic acids is 1. The predicted octanol–water partition coefficient (Wildman–Crippen LogP) is 5.24. The Morgan fingerprint density at radius 2 is 1.65 bits per heavy atom. The second-order valence-corrected chi connectivity index (χ2v) is 8.56. The highest BCUT2D eigenvalue weighted by atomic mass is 35.5. The van der Waals surface area contributed by atoms with Gasteiger partial charge in [-0.2, -0.15) is 13.2 Å². The quantitative estimate of drug-likeness (QED) is 0.649. The number of amides is 1. The minimum atomic E-state index is -4.59. The van der Waals surface area contributed by atoms with Crippen LogP contribution in [0.2, 0.25) is 5.02 Å². The smallest absolute Gasteiger partial charge is 0.323 e. The van der Waals surface area contributed by atoms with Gasteiger partial charge in [-0.3, -0.25) is 14.6 Å². The van der Waals surface area contributed by atoms with E-state index < -0.39 is 17.6 Å². The van der Waals surface area contributed by atoms with Gasteiger partial charge < -0.3 is 5.32 Å². The number of nitrogens with zero attached hydrogens (tertiary/aromatic N) is 2. The van der Waals surface area contributed by atoms with Crippen LogP contribution in [0.3, 0.4) is 0 Å². The second-order valence-electron chi connectivity index (χ2n) is 8.16. The van der Waals surface area contributed by atoms with E-state index in [1.54, 1.807) is 0 Å². The first-order valence-corrected chi connectivity index (χ1v) is 10.7.